The van der Waals surface area contributed by atoms with Gasteiger partial charge in [-0.2, -0.15) is 0 Å². The number of hydrogen-bond donors (Lipinski definition) is 2. The highest BCUT2D eigenvalue weighted by Crippen LogP contribution is 2.17. The highest BCUT2D eigenvalue weighted by Gasteiger charge is 2.06. The Labute approximate surface area is 142 Å². The van der Waals surface area contributed by atoms with Crippen LogP contribution in [-0.4, -0.2) is 17.6 Å². The maximum absolute atomic E-state index is 10.8. The second-order valence-corrected chi connectivity index (χ2v) is 6.94. The normalized spacial score (nSPS) is 10.8. The maximum Gasteiger partial charge on any atom is 0.345 e. The van der Waals surface area contributed by atoms with Crippen LogP contribution in [0, 0.1) is 0 Å². The fraction of sp³-hybridized carbons (Fsp3) is 0.421. The van der Waals surface area contributed by atoms with Gasteiger partial charge in [-0.05, 0) is 55.5 Å². The van der Waals surface area contributed by atoms with Crippen LogP contribution in [0.1, 0.15) is 51.9 Å². The average molecular weight is 331 g/mol. The first-order valence-electron chi connectivity index (χ1n) is 8.29. The summed E-state index contributed by atoms with van der Waals surface area (Å²) in [5, 5.41) is 12.4. The Kier molecular flexibility index (Phi) is 7.30. The van der Waals surface area contributed by atoms with Gasteiger partial charge in [-0.1, -0.05) is 37.6 Å². The van der Waals surface area contributed by atoms with E-state index in [2.05, 4.69) is 36.5 Å². The third kappa shape index (κ3) is 6.16. The minimum Gasteiger partial charge on any atom is -0.477 e. The Morgan fingerprint density at radius 1 is 1.04 bits per heavy atom. The average Bonchev–Trinajstić information content (AvgIpc) is 3.03. The molecule has 4 heteroatoms. The van der Waals surface area contributed by atoms with Crippen LogP contribution in [0.15, 0.2) is 36.4 Å². The number of aromatic carboxylic acids is 1. The quantitative estimate of drug-likeness (QED) is 0.630. The predicted molar refractivity (Wildman–Crippen MR) is 96.4 cm³/mol. The lowest BCUT2D eigenvalue weighted by Gasteiger charge is -2.06. The molecule has 0 aliphatic carbocycles. The number of hydrogen-bond acceptors (Lipinski definition) is 3. The van der Waals surface area contributed by atoms with Gasteiger partial charge in [-0.3, -0.25) is 0 Å². The van der Waals surface area contributed by atoms with E-state index in [1.165, 1.54) is 41.7 Å². The number of aryl methyl sites for hydroxylation is 2. The molecule has 0 radical (unpaired) electrons. The van der Waals surface area contributed by atoms with Crippen LogP contribution in [0.5, 0.6) is 0 Å². The highest BCUT2D eigenvalue weighted by molar-refractivity contribution is 7.13. The first kappa shape index (κ1) is 17.7. The van der Waals surface area contributed by atoms with Gasteiger partial charge in [0.25, 0.3) is 0 Å². The molecule has 1 aromatic heterocycles. The van der Waals surface area contributed by atoms with Crippen LogP contribution in [-0.2, 0) is 19.4 Å². The zero-order valence-electron chi connectivity index (χ0n) is 13.7. The summed E-state index contributed by atoms with van der Waals surface area (Å²) in [6, 6.07) is 12.5. The molecule has 124 valence electrons. The van der Waals surface area contributed by atoms with E-state index in [0.29, 0.717) is 4.88 Å². The van der Waals surface area contributed by atoms with Crippen LogP contribution < -0.4 is 5.32 Å². The van der Waals surface area contributed by atoms with Crippen molar-refractivity contribution in [3.05, 3.63) is 57.3 Å². The van der Waals surface area contributed by atoms with Crippen LogP contribution in [0.4, 0.5) is 0 Å². The lowest BCUT2D eigenvalue weighted by atomic mass is 10.1. The molecular weight excluding hydrogens is 306 g/mol. The van der Waals surface area contributed by atoms with Crippen molar-refractivity contribution in [2.24, 2.45) is 0 Å². The molecule has 0 aliphatic heterocycles. The first-order valence-corrected chi connectivity index (χ1v) is 9.11. The lowest BCUT2D eigenvalue weighted by molar-refractivity contribution is 0.0702. The maximum atomic E-state index is 10.8. The molecule has 2 rings (SSSR count). The second kappa shape index (κ2) is 9.48. The van der Waals surface area contributed by atoms with Crippen molar-refractivity contribution < 1.29 is 9.90 Å². The summed E-state index contributed by atoms with van der Waals surface area (Å²) in [4.78, 5) is 12.4. The third-order valence-corrected chi connectivity index (χ3v) is 4.95. The molecule has 0 fully saturated rings. The van der Waals surface area contributed by atoms with Crippen molar-refractivity contribution in [3.63, 3.8) is 0 Å². The molecule has 0 aliphatic rings. The summed E-state index contributed by atoms with van der Waals surface area (Å²) in [6.45, 7) is 4.05. The molecule has 1 aromatic carbocycles. The van der Waals surface area contributed by atoms with E-state index >= 15 is 0 Å². The van der Waals surface area contributed by atoms with Crippen molar-refractivity contribution in [2.45, 2.75) is 45.6 Å². The van der Waals surface area contributed by atoms with E-state index in [-0.39, 0.29) is 0 Å². The van der Waals surface area contributed by atoms with Gasteiger partial charge < -0.3 is 10.4 Å². The summed E-state index contributed by atoms with van der Waals surface area (Å²) >= 11 is 1.38. The van der Waals surface area contributed by atoms with E-state index in [9.17, 15) is 4.79 Å². The Morgan fingerprint density at radius 2 is 1.78 bits per heavy atom. The number of thiophene rings is 1. The highest BCUT2D eigenvalue weighted by atomic mass is 32.1. The van der Waals surface area contributed by atoms with Crippen LogP contribution in [0.3, 0.4) is 0 Å². The van der Waals surface area contributed by atoms with E-state index in [4.69, 9.17) is 5.11 Å². The summed E-state index contributed by atoms with van der Waals surface area (Å²) < 4.78 is 0. The Hall–Kier alpha value is -1.65. The van der Waals surface area contributed by atoms with E-state index < -0.39 is 5.97 Å². The number of carboxylic acid groups (broad SMARTS) is 1. The number of nitrogens with one attached hydrogen (secondary N) is 1. The molecule has 3 nitrogen and oxygen atoms in total. The van der Waals surface area contributed by atoms with E-state index in [1.807, 2.05) is 6.07 Å². The van der Waals surface area contributed by atoms with Gasteiger partial charge in [-0.25, -0.2) is 4.79 Å². The second-order valence-electron chi connectivity index (χ2n) is 5.77. The molecule has 23 heavy (non-hydrogen) atoms. The van der Waals surface area contributed by atoms with Gasteiger partial charge in [0.2, 0.25) is 0 Å². The molecule has 1 heterocycles. The topological polar surface area (TPSA) is 49.3 Å². The fourth-order valence-corrected chi connectivity index (χ4v) is 3.34. The molecule has 0 atom stereocenters. The van der Waals surface area contributed by atoms with Crippen molar-refractivity contribution in [2.75, 3.05) is 6.54 Å². The number of unbranched alkanes of at least 4 members (excludes halogenated alkanes) is 1. The summed E-state index contributed by atoms with van der Waals surface area (Å²) in [7, 11) is 0. The molecule has 0 unspecified atom stereocenters. The molecule has 0 saturated heterocycles. The van der Waals surface area contributed by atoms with Crippen molar-refractivity contribution in [1.29, 1.82) is 0 Å². The standard InChI is InChI=1S/C19H25NO2S/c1-2-3-5-15-7-9-16(10-8-15)14-20-13-4-6-17-11-12-18(23-17)19(21)22/h7-12,20H,2-6,13-14H2,1H3,(H,21,22). The van der Waals surface area contributed by atoms with Gasteiger partial charge in [0.1, 0.15) is 4.88 Å². The zero-order chi connectivity index (χ0) is 16.5. The molecule has 2 aromatic rings. The van der Waals surface area contributed by atoms with Gasteiger partial charge in [0.15, 0.2) is 0 Å². The molecule has 0 spiro atoms. The first-order chi connectivity index (χ1) is 11.2. The Balaban J connectivity index is 1.64. The molecule has 0 amide bonds. The molecule has 0 saturated carbocycles. The smallest absolute Gasteiger partial charge is 0.345 e. The lowest BCUT2D eigenvalue weighted by Crippen LogP contribution is -2.15. The van der Waals surface area contributed by atoms with E-state index in [0.717, 1.165) is 30.8 Å². The number of rotatable bonds is 10. The number of carbonyl (C=O) groups is 1. The monoisotopic (exact) mass is 331 g/mol. The van der Waals surface area contributed by atoms with Crippen LogP contribution in [0.25, 0.3) is 0 Å². The third-order valence-electron chi connectivity index (χ3n) is 3.82. The fourth-order valence-electron chi connectivity index (χ4n) is 2.45. The Morgan fingerprint density at radius 3 is 2.43 bits per heavy atom. The van der Waals surface area contributed by atoms with Crippen molar-refractivity contribution in [1.82, 2.24) is 5.32 Å². The van der Waals surface area contributed by atoms with Crippen LogP contribution in [0.2, 0.25) is 0 Å². The number of benzene rings is 1. The predicted octanol–water partition coefficient (Wildman–Crippen LogP) is 4.51. The summed E-state index contributed by atoms with van der Waals surface area (Å²) in [6.07, 6.45) is 5.61. The largest absolute Gasteiger partial charge is 0.477 e. The van der Waals surface area contributed by atoms with E-state index in [1.54, 1.807) is 6.07 Å². The molecule has 2 N–H and O–H groups in total. The minimum absolute atomic E-state index is 0.427. The summed E-state index contributed by atoms with van der Waals surface area (Å²) in [5.74, 6) is -0.832. The van der Waals surface area contributed by atoms with Crippen LogP contribution >= 0.6 is 11.3 Å². The van der Waals surface area contributed by atoms with Gasteiger partial charge in [-0.15, -0.1) is 11.3 Å². The Bertz CT molecular complexity index is 604. The van der Waals surface area contributed by atoms with Gasteiger partial charge in [0, 0.05) is 11.4 Å². The van der Waals surface area contributed by atoms with Gasteiger partial charge >= 0.3 is 5.97 Å². The summed E-state index contributed by atoms with van der Waals surface area (Å²) in [5.41, 5.74) is 2.73. The molecule has 0 bridgehead atoms. The van der Waals surface area contributed by atoms with Crippen molar-refractivity contribution >= 4 is 17.3 Å². The SMILES string of the molecule is CCCCc1ccc(CNCCCc2ccc(C(=O)O)s2)cc1. The number of carboxylic acids is 1. The minimum atomic E-state index is -0.832. The molecular formula is C19H25NO2S. The van der Waals surface area contributed by atoms with Crippen molar-refractivity contribution in [3.8, 4) is 0 Å². The van der Waals surface area contributed by atoms with Gasteiger partial charge in [0.05, 0.1) is 0 Å². The zero-order valence-corrected chi connectivity index (χ0v) is 14.5.